The number of halogens is 2. The van der Waals surface area contributed by atoms with Crippen molar-refractivity contribution in [3.63, 3.8) is 0 Å². The number of pyridine rings is 1. The van der Waals surface area contributed by atoms with Crippen molar-refractivity contribution < 1.29 is 19.1 Å². The van der Waals surface area contributed by atoms with E-state index in [0.29, 0.717) is 11.4 Å². The summed E-state index contributed by atoms with van der Waals surface area (Å²) < 4.78 is 4.86. The Bertz CT molecular complexity index is 1290. The number of nitrogens with zero attached hydrogens (tertiary/aromatic N) is 1. The molecule has 2 amide bonds. The summed E-state index contributed by atoms with van der Waals surface area (Å²) in [5, 5.41) is 9.13. The van der Waals surface area contributed by atoms with E-state index in [1.54, 1.807) is 42.5 Å². The van der Waals surface area contributed by atoms with E-state index >= 15 is 0 Å². The molecule has 2 heterocycles. The topological polar surface area (TPSA) is 109 Å². The Morgan fingerprint density at radius 1 is 1.03 bits per heavy atom. The van der Waals surface area contributed by atoms with Gasteiger partial charge in [-0.25, -0.2) is 9.78 Å². The maximum absolute atomic E-state index is 12.8. The highest BCUT2D eigenvalue weighted by atomic mass is 35.5. The number of aryl methyl sites for hydroxylation is 1. The molecule has 3 N–H and O–H groups in total. The zero-order chi connectivity index (χ0) is 28.4. The van der Waals surface area contributed by atoms with Crippen LogP contribution in [0.5, 0.6) is 0 Å². The summed E-state index contributed by atoms with van der Waals surface area (Å²) in [6.07, 6.45) is 2.38. The van der Waals surface area contributed by atoms with Crippen molar-refractivity contribution in [1.29, 1.82) is 0 Å². The summed E-state index contributed by atoms with van der Waals surface area (Å²) in [6.45, 7) is 4.89. The third-order valence-electron chi connectivity index (χ3n) is 5.95. The molecule has 2 aromatic carbocycles. The van der Waals surface area contributed by atoms with Gasteiger partial charge in [-0.2, -0.15) is 0 Å². The van der Waals surface area contributed by atoms with Gasteiger partial charge in [0.2, 0.25) is 5.91 Å². The molecule has 10 heteroatoms. The van der Waals surface area contributed by atoms with Crippen molar-refractivity contribution in [1.82, 2.24) is 10.3 Å². The Labute approximate surface area is 238 Å². The number of esters is 1. The van der Waals surface area contributed by atoms with Crippen LogP contribution in [0.4, 0.5) is 11.5 Å². The minimum absolute atomic E-state index is 0.0852. The first-order valence-corrected chi connectivity index (χ1v) is 13.5. The number of anilines is 2. The second-order valence-corrected chi connectivity index (χ2v) is 9.43. The second-order valence-electron chi connectivity index (χ2n) is 8.61. The van der Waals surface area contributed by atoms with Crippen molar-refractivity contribution in [2.45, 2.75) is 45.6 Å². The molecule has 1 aliphatic heterocycles. The van der Waals surface area contributed by atoms with Gasteiger partial charge in [-0.1, -0.05) is 61.3 Å². The average Bonchev–Trinajstić information content (AvgIpc) is 2.94. The summed E-state index contributed by atoms with van der Waals surface area (Å²) >= 11 is 12.2. The van der Waals surface area contributed by atoms with Crippen LogP contribution in [0.2, 0.25) is 10.0 Å². The van der Waals surface area contributed by atoms with Crippen LogP contribution in [0.1, 0.15) is 47.4 Å². The van der Waals surface area contributed by atoms with Crippen LogP contribution in [0.25, 0.3) is 0 Å². The van der Waals surface area contributed by atoms with Gasteiger partial charge in [0.15, 0.2) is 0 Å². The summed E-state index contributed by atoms with van der Waals surface area (Å²) in [7, 11) is 1.25. The number of carbonyl (C=O) groups is 3. The molecule has 0 spiro atoms. The predicted molar refractivity (Wildman–Crippen MR) is 155 cm³/mol. The summed E-state index contributed by atoms with van der Waals surface area (Å²) in [6, 6.07) is 14.6. The molecule has 1 aromatic heterocycles. The average molecular weight is 572 g/mol. The Morgan fingerprint density at radius 3 is 2.38 bits per heavy atom. The van der Waals surface area contributed by atoms with Crippen LogP contribution in [-0.4, -0.2) is 42.5 Å². The Balaban J connectivity index is 0.00000205. The Morgan fingerprint density at radius 2 is 1.72 bits per heavy atom. The molecular weight excluding hydrogens is 539 g/mol. The number of hydrogen-bond donors (Lipinski definition) is 3. The number of carbonyl (C=O) groups excluding carboxylic acids is 3. The van der Waals surface area contributed by atoms with Crippen LogP contribution >= 0.6 is 23.2 Å². The zero-order valence-electron chi connectivity index (χ0n) is 22.1. The standard InChI is InChI=1S/C27H26Cl2N4O4.C2H6/c1-37-27(36)22(33-26(35)24-20(28)5-2-6-21(24)29)14-16-7-10-18(11-8-16)31-23(34)15-19-12-9-17-4-3-13-30-25(17)32-19;1-2/h2,5-12,22H,3-4,13-15H2,1H3,(H,30,32)(H,31,34)(H,33,35);1-2H3. The van der Waals surface area contributed by atoms with Crippen molar-refractivity contribution in [3.8, 4) is 0 Å². The first kappa shape index (κ1) is 29.9. The monoisotopic (exact) mass is 570 g/mol. The normalized spacial score (nSPS) is 12.5. The van der Waals surface area contributed by atoms with E-state index in [1.807, 2.05) is 26.0 Å². The SMILES string of the molecule is CC.COC(=O)C(Cc1ccc(NC(=O)Cc2ccc3c(n2)NCCC3)cc1)NC(=O)c1c(Cl)cccc1Cl. The molecule has 0 saturated carbocycles. The second kappa shape index (κ2) is 14.5. The van der Waals surface area contributed by atoms with Gasteiger partial charge < -0.3 is 20.7 Å². The Kier molecular flexibility index (Phi) is 11.1. The van der Waals surface area contributed by atoms with Gasteiger partial charge >= 0.3 is 5.97 Å². The summed E-state index contributed by atoms with van der Waals surface area (Å²) in [5.41, 5.74) is 3.30. The third kappa shape index (κ3) is 8.18. The largest absolute Gasteiger partial charge is 0.467 e. The number of fused-ring (bicyclic) bond motifs is 1. The number of benzene rings is 2. The fraction of sp³-hybridized carbons (Fsp3) is 0.310. The number of amides is 2. The van der Waals surface area contributed by atoms with E-state index in [1.165, 1.54) is 12.7 Å². The zero-order valence-corrected chi connectivity index (χ0v) is 23.7. The van der Waals surface area contributed by atoms with Crippen LogP contribution in [0, 0.1) is 0 Å². The van der Waals surface area contributed by atoms with Crippen molar-refractivity contribution in [2.24, 2.45) is 0 Å². The van der Waals surface area contributed by atoms with Crippen LogP contribution in [-0.2, 0) is 33.6 Å². The molecule has 39 heavy (non-hydrogen) atoms. The van der Waals surface area contributed by atoms with Gasteiger partial charge in [0, 0.05) is 18.7 Å². The molecule has 0 saturated heterocycles. The molecule has 1 aliphatic rings. The van der Waals surface area contributed by atoms with Gasteiger partial charge in [-0.05, 0) is 54.3 Å². The smallest absolute Gasteiger partial charge is 0.328 e. The predicted octanol–water partition coefficient (Wildman–Crippen LogP) is 5.47. The molecule has 1 atom stereocenters. The van der Waals surface area contributed by atoms with Crippen LogP contribution in [0.3, 0.4) is 0 Å². The van der Waals surface area contributed by atoms with E-state index in [9.17, 15) is 14.4 Å². The van der Waals surface area contributed by atoms with Crippen molar-refractivity contribution in [3.05, 3.63) is 87.0 Å². The van der Waals surface area contributed by atoms with E-state index < -0.39 is 17.9 Å². The lowest BCUT2D eigenvalue weighted by molar-refractivity contribution is -0.142. The van der Waals surface area contributed by atoms with Crippen molar-refractivity contribution >= 4 is 52.5 Å². The Hall–Kier alpha value is -3.62. The minimum Gasteiger partial charge on any atom is -0.467 e. The van der Waals surface area contributed by atoms with E-state index in [2.05, 4.69) is 20.9 Å². The van der Waals surface area contributed by atoms with Crippen LogP contribution < -0.4 is 16.0 Å². The molecule has 8 nitrogen and oxygen atoms in total. The molecule has 0 bridgehead atoms. The highest BCUT2D eigenvalue weighted by Gasteiger charge is 2.25. The molecule has 3 aromatic rings. The van der Waals surface area contributed by atoms with Gasteiger partial charge in [0.05, 0.1) is 34.8 Å². The van der Waals surface area contributed by atoms with Gasteiger partial charge in [-0.15, -0.1) is 0 Å². The highest BCUT2D eigenvalue weighted by Crippen LogP contribution is 2.24. The van der Waals surface area contributed by atoms with Crippen LogP contribution in [0.15, 0.2) is 54.6 Å². The summed E-state index contributed by atoms with van der Waals surface area (Å²) in [5.74, 6) is -0.529. The van der Waals surface area contributed by atoms with Gasteiger partial charge in [-0.3, -0.25) is 9.59 Å². The quantitative estimate of drug-likeness (QED) is 0.310. The number of rotatable bonds is 8. The van der Waals surface area contributed by atoms with E-state index in [4.69, 9.17) is 27.9 Å². The summed E-state index contributed by atoms with van der Waals surface area (Å²) in [4.78, 5) is 42.2. The molecule has 206 valence electrons. The molecule has 0 aliphatic carbocycles. The lowest BCUT2D eigenvalue weighted by atomic mass is 10.0. The number of methoxy groups -OCH3 is 1. The minimum atomic E-state index is -0.964. The molecular formula is C29H32Cl2N4O4. The lowest BCUT2D eigenvalue weighted by Gasteiger charge is -2.18. The molecule has 0 radical (unpaired) electrons. The molecule has 4 rings (SSSR count). The van der Waals surface area contributed by atoms with Gasteiger partial charge in [0.25, 0.3) is 5.91 Å². The molecule has 0 fully saturated rings. The third-order valence-corrected chi connectivity index (χ3v) is 6.58. The highest BCUT2D eigenvalue weighted by molar-refractivity contribution is 6.39. The maximum Gasteiger partial charge on any atom is 0.328 e. The number of ether oxygens (including phenoxy) is 1. The molecule has 1 unspecified atom stereocenters. The maximum atomic E-state index is 12.8. The van der Waals surface area contributed by atoms with Gasteiger partial charge in [0.1, 0.15) is 11.9 Å². The van der Waals surface area contributed by atoms with Crippen molar-refractivity contribution in [2.75, 3.05) is 24.3 Å². The first-order valence-electron chi connectivity index (χ1n) is 12.8. The fourth-order valence-electron chi connectivity index (χ4n) is 4.08. The fourth-order valence-corrected chi connectivity index (χ4v) is 4.65. The van der Waals surface area contributed by atoms with E-state index in [0.717, 1.165) is 30.8 Å². The number of hydrogen-bond acceptors (Lipinski definition) is 6. The first-order chi connectivity index (χ1) is 18.8. The number of nitrogens with one attached hydrogen (secondary N) is 3. The van der Waals surface area contributed by atoms with E-state index in [-0.39, 0.29) is 34.4 Å². The lowest BCUT2D eigenvalue weighted by Crippen LogP contribution is -2.43. The number of aromatic nitrogens is 1.